The number of hydrogen-bond donors (Lipinski definition) is 4. The monoisotopic (exact) mass is 240 g/mol. The number of carboxylic acid groups (broad SMARTS) is 1. The molecule has 0 aliphatic carbocycles. The third-order valence-corrected chi connectivity index (χ3v) is 2.89. The predicted octanol–water partition coefficient (Wildman–Crippen LogP) is -2.08. The summed E-state index contributed by atoms with van der Waals surface area (Å²) in [6.45, 7) is 0. The Morgan fingerprint density at radius 2 is 1.80 bits per heavy atom. The average molecular weight is 240 g/mol. The number of carbonyl (C=O) groups is 2. The Bertz CT molecular complexity index is 351. The molecule has 0 saturated carbocycles. The summed E-state index contributed by atoms with van der Waals surface area (Å²) in [6, 6.07) is -1.48. The summed E-state index contributed by atoms with van der Waals surface area (Å²) in [4.78, 5) is 20.8. The standard InChI is InChI=1S/C6H12N2O6S/c7-4(6(10)11)1-3(2-5(8)9)15(12,13)14/h3-4H,1-2,7H2,(H2,8,9)(H,10,11)(H,12,13,14)/t3-,4-/m0/s1. The lowest BCUT2D eigenvalue weighted by Gasteiger charge is -2.14. The lowest BCUT2D eigenvalue weighted by Crippen LogP contribution is -2.38. The van der Waals surface area contributed by atoms with Gasteiger partial charge in [-0.15, -0.1) is 0 Å². The Labute approximate surface area is 86.0 Å². The summed E-state index contributed by atoms with van der Waals surface area (Å²) in [5.74, 6) is -2.39. The van der Waals surface area contributed by atoms with E-state index in [0.717, 1.165) is 0 Å². The van der Waals surface area contributed by atoms with Gasteiger partial charge in [0, 0.05) is 6.42 Å². The number of amides is 1. The quantitative estimate of drug-likeness (QED) is 0.387. The van der Waals surface area contributed by atoms with Crippen LogP contribution < -0.4 is 11.5 Å². The SMILES string of the molecule is NC(=O)C[C@H](C[C@H](N)C(=O)O)S(=O)(=O)O. The first-order valence-electron chi connectivity index (χ1n) is 3.87. The highest BCUT2D eigenvalue weighted by atomic mass is 32.2. The van der Waals surface area contributed by atoms with Crippen LogP contribution in [0, 0.1) is 0 Å². The predicted molar refractivity (Wildman–Crippen MR) is 49.4 cm³/mol. The minimum atomic E-state index is -4.53. The molecular weight excluding hydrogens is 228 g/mol. The van der Waals surface area contributed by atoms with Gasteiger partial charge in [0.25, 0.3) is 10.1 Å². The van der Waals surface area contributed by atoms with Crippen molar-refractivity contribution in [3.05, 3.63) is 0 Å². The average Bonchev–Trinajstić information content (AvgIpc) is 2.00. The maximum absolute atomic E-state index is 10.7. The Balaban J connectivity index is 4.67. The zero-order chi connectivity index (χ0) is 12.2. The molecule has 88 valence electrons. The number of hydrogen-bond acceptors (Lipinski definition) is 5. The van der Waals surface area contributed by atoms with Crippen molar-refractivity contribution in [2.75, 3.05) is 0 Å². The third-order valence-electron chi connectivity index (χ3n) is 1.68. The summed E-state index contributed by atoms with van der Waals surface area (Å²) in [6.07, 6.45) is -1.24. The molecule has 0 radical (unpaired) electrons. The highest BCUT2D eigenvalue weighted by molar-refractivity contribution is 7.86. The van der Waals surface area contributed by atoms with E-state index >= 15 is 0 Å². The van der Waals surface area contributed by atoms with E-state index in [1.165, 1.54) is 0 Å². The summed E-state index contributed by atoms with van der Waals surface area (Å²) in [5.41, 5.74) is 9.80. The highest BCUT2D eigenvalue weighted by Gasteiger charge is 2.29. The number of nitrogens with two attached hydrogens (primary N) is 2. The van der Waals surface area contributed by atoms with Gasteiger partial charge >= 0.3 is 5.97 Å². The van der Waals surface area contributed by atoms with Gasteiger partial charge in [-0.2, -0.15) is 8.42 Å². The number of rotatable bonds is 6. The molecule has 0 aliphatic heterocycles. The van der Waals surface area contributed by atoms with Crippen LogP contribution in [0.15, 0.2) is 0 Å². The van der Waals surface area contributed by atoms with Crippen LogP contribution in [0.4, 0.5) is 0 Å². The Morgan fingerprint density at radius 1 is 1.33 bits per heavy atom. The van der Waals surface area contributed by atoms with Gasteiger partial charge in [-0.05, 0) is 6.42 Å². The van der Waals surface area contributed by atoms with Gasteiger partial charge in [-0.3, -0.25) is 14.1 Å². The van der Waals surface area contributed by atoms with E-state index in [-0.39, 0.29) is 0 Å². The molecule has 9 heteroatoms. The van der Waals surface area contributed by atoms with Crippen LogP contribution in [-0.2, 0) is 19.7 Å². The molecular formula is C6H12N2O6S. The fourth-order valence-electron chi connectivity index (χ4n) is 0.919. The minimum Gasteiger partial charge on any atom is -0.480 e. The smallest absolute Gasteiger partial charge is 0.320 e. The van der Waals surface area contributed by atoms with Gasteiger partial charge in [-0.25, -0.2) is 0 Å². The van der Waals surface area contributed by atoms with Crippen LogP contribution in [0.25, 0.3) is 0 Å². The van der Waals surface area contributed by atoms with E-state index in [0.29, 0.717) is 0 Å². The third kappa shape index (κ3) is 5.30. The van der Waals surface area contributed by atoms with Gasteiger partial charge in [0.2, 0.25) is 5.91 Å². The number of aliphatic carboxylic acids is 1. The number of primary amides is 1. The zero-order valence-corrected chi connectivity index (χ0v) is 8.48. The van der Waals surface area contributed by atoms with Gasteiger partial charge in [0.15, 0.2) is 0 Å². The van der Waals surface area contributed by atoms with E-state index < -0.39 is 46.1 Å². The van der Waals surface area contributed by atoms with Crippen LogP contribution in [-0.4, -0.2) is 41.2 Å². The second kappa shape index (κ2) is 5.05. The van der Waals surface area contributed by atoms with Crippen LogP contribution >= 0.6 is 0 Å². The first-order chi connectivity index (χ1) is 6.64. The topological polar surface area (TPSA) is 161 Å². The van der Waals surface area contributed by atoms with E-state index in [1.54, 1.807) is 0 Å². The van der Waals surface area contributed by atoms with Crippen molar-refractivity contribution in [1.29, 1.82) is 0 Å². The van der Waals surface area contributed by atoms with Crippen LogP contribution in [0.5, 0.6) is 0 Å². The molecule has 0 aromatic rings. The van der Waals surface area contributed by atoms with Gasteiger partial charge in [0.05, 0.1) is 5.25 Å². The van der Waals surface area contributed by atoms with Crippen LogP contribution in [0.1, 0.15) is 12.8 Å². The van der Waals surface area contributed by atoms with Crippen molar-refractivity contribution < 1.29 is 27.7 Å². The Morgan fingerprint density at radius 3 is 2.07 bits per heavy atom. The molecule has 0 bridgehead atoms. The van der Waals surface area contributed by atoms with Crippen molar-refractivity contribution in [1.82, 2.24) is 0 Å². The molecule has 0 saturated heterocycles. The molecule has 0 heterocycles. The lowest BCUT2D eigenvalue weighted by atomic mass is 10.1. The molecule has 8 nitrogen and oxygen atoms in total. The summed E-state index contributed by atoms with van der Waals surface area (Å²) in [7, 11) is -4.53. The van der Waals surface area contributed by atoms with Crippen molar-refractivity contribution in [3.63, 3.8) is 0 Å². The molecule has 15 heavy (non-hydrogen) atoms. The summed E-state index contributed by atoms with van der Waals surface area (Å²) >= 11 is 0. The molecule has 1 amide bonds. The molecule has 6 N–H and O–H groups in total. The van der Waals surface area contributed by atoms with Gasteiger partial charge in [0.1, 0.15) is 6.04 Å². The number of carbonyl (C=O) groups excluding carboxylic acids is 1. The second-order valence-electron chi connectivity index (χ2n) is 2.99. The zero-order valence-electron chi connectivity index (χ0n) is 7.66. The maximum Gasteiger partial charge on any atom is 0.320 e. The molecule has 0 aromatic heterocycles. The fraction of sp³-hybridized carbons (Fsp3) is 0.667. The Kier molecular flexibility index (Phi) is 4.65. The summed E-state index contributed by atoms with van der Waals surface area (Å²) in [5, 5.41) is 6.83. The molecule has 0 aliphatic rings. The molecule has 0 fully saturated rings. The van der Waals surface area contributed by atoms with E-state index in [4.69, 9.17) is 21.1 Å². The van der Waals surface area contributed by atoms with Crippen molar-refractivity contribution in [2.24, 2.45) is 11.5 Å². The first kappa shape index (κ1) is 13.8. The molecule has 2 atom stereocenters. The second-order valence-corrected chi connectivity index (χ2v) is 4.68. The minimum absolute atomic E-state index is 0.572. The van der Waals surface area contributed by atoms with Crippen molar-refractivity contribution in [2.45, 2.75) is 24.1 Å². The Hall–Kier alpha value is -1.19. The first-order valence-corrected chi connectivity index (χ1v) is 5.38. The fourth-order valence-corrected chi connectivity index (χ4v) is 1.74. The molecule has 0 unspecified atom stereocenters. The lowest BCUT2D eigenvalue weighted by molar-refractivity contribution is -0.138. The van der Waals surface area contributed by atoms with E-state index in [9.17, 15) is 18.0 Å². The molecule has 0 spiro atoms. The van der Waals surface area contributed by atoms with E-state index in [1.807, 2.05) is 0 Å². The van der Waals surface area contributed by atoms with E-state index in [2.05, 4.69) is 0 Å². The maximum atomic E-state index is 10.7. The van der Waals surface area contributed by atoms with Gasteiger partial charge in [-0.1, -0.05) is 0 Å². The van der Waals surface area contributed by atoms with Gasteiger partial charge < -0.3 is 16.6 Å². The molecule has 0 rings (SSSR count). The largest absolute Gasteiger partial charge is 0.480 e. The van der Waals surface area contributed by atoms with Crippen molar-refractivity contribution in [3.8, 4) is 0 Å². The molecule has 0 aromatic carbocycles. The summed E-state index contributed by atoms with van der Waals surface area (Å²) < 4.78 is 30.1. The van der Waals surface area contributed by atoms with Crippen molar-refractivity contribution >= 4 is 22.0 Å². The number of carboxylic acids is 1. The normalized spacial score (nSPS) is 15.6. The van der Waals surface area contributed by atoms with Crippen LogP contribution in [0.3, 0.4) is 0 Å². The highest BCUT2D eigenvalue weighted by Crippen LogP contribution is 2.10. The van der Waals surface area contributed by atoms with Crippen LogP contribution in [0.2, 0.25) is 0 Å².